The lowest BCUT2D eigenvalue weighted by atomic mass is 10.1. The summed E-state index contributed by atoms with van der Waals surface area (Å²) in [7, 11) is 0. The molecule has 0 saturated carbocycles. The Morgan fingerprint density at radius 1 is 1.47 bits per heavy atom. The largest absolute Gasteiger partial charge is 0.491 e. The molecule has 0 radical (unpaired) electrons. The monoisotopic (exact) mass is 232 g/mol. The molecule has 1 fully saturated rings. The van der Waals surface area contributed by atoms with Crippen molar-refractivity contribution in [2.75, 3.05) is 13.2 Å². The lowest BCUT2D eigenvalue weighted by molar-refractivity contribution is -0.112. The zero-order chi connectivity index (χ0) is 11.7. The van der Waals surface area contributed by atoms with Crippen LogP contribution in [0.25, 0.3) is 6.08 Å². The molecule has 1 aromatic carbocycles. The van der Waals surface area contributed by atoms with Gasteiger partial charge in [0.15, 0.2) is 12.4 Å². The second-order valence-electron chi connectivity index (χ2n) is 4.04. The number of ether oxygens (including phenoxy) is 3. The van der Waals surface area contributed by atoms with Crippen molar-refractivity contribution in [3.63, 3.8) is 0 Å². The van der Waals surface area contributed by atoms with Gasteiger partial charge in [0.1, 0.15) is 24.2 Å². The summed E-state index contributed by atoms with van der Waals surface area (Å²) in [6.45, 7) is 1.34. The Bertz CT molecular complexity index is 462. The summed E-state index contributed by atoms with van der Waals surface area (Å²) < 4.78 is 16.1. The van der Waals surface area contributed by atoms with Crippen molar-refractivity contribution in [1.82, 2.24) is 0 Å². The van der Waals surface area contributed by atoms with Gasteiger partial charge < -0.3 is 14.2 Å². The fraction of sp³-hybridized carbons (Fsp3) is 0.308. The Morgan fingerprint density at radius 3 is 3.12 bits per heavy atom. The molecule has 2 aliphatic rings. The highest BCUT2D eigenvalue weighted by Gasteiger charge is 2.23. The maximum Gasteiger partial charge on any atom is 0.172 e. The van der Waals surface area contributed by atoms with Gasteiger partial charge in [-0.05, 0) is 18.2 Å². The fourth-order valence-corrected chi connectivity index (χ4v) is 1.66. The van der Waals surface area contributed by atoms with Crippen LogP contribution in [0.5, 0.6) is 11.5 Å². The molecule has 2 heterocycles. The summed E-state index contributed by atoms with van der Waals surface area (Å²) >= 11 is 0. The molecule has 88 valence electrons. The molecule has 0 aliphatic carbocycles. The van der Waals surface area contributed by atoms with Crippen molar-refractivity contribution in [1.29, 1.82) is 0 Å². The summed E-state index contributed by atoms with van der Waals surface area (Å²) in [5.41, 5.74) is 0.957. The first-order valence-corrected chi connectivity index (χ1v) is 5.54. The van der Waals surface area contributed by atoms with Crippen molar-refractivity contribution in [3.05, 3.63) is 29.8 Å². The molecule has 0 amide bonds. The predicted octanol–water partition coefficient (Wildman–Crippen LogP) is 1.44. The van der Waals surface area contributed by atoms with Crippen LogP contribution in [0.3, 0.4) is 0 Å². The third-order valence-corrected chi connectivity index (χ3v) is 2.69. The summed E-state index contributed by atoms with van der Waals surface area (Å²) in [6, 6.07) is 5.60. The van der Waals surface area contributed by atoms with E-state index in [2.05, 4.69) is 0 Å². The number of carbonyl (C=O) groups is 1. The van der Waals surface area contributed by atoms with Crippen molar-refractivity contribution >= 4 is 12.4 Å². The van der Waals surface area contributed by atoms with Crippen molar-refractivity contribution in [3.8, 4) is 11.5 Å². The second kappa shape index (κ2) is 4.22. The minimum atomic E-state index is -0.496. The Kier molecular flexibility index (Phi) is 2.57. The van der Waals surface area contributed by atoms with Gasteiger partial charge in [0, 0.05) is 11.6 Å². The van der Waals surface area contributed by atoms with E-state index in [0.717, 1.165) is 24.2 Å². The van der Waals surface area contributed by atoms with Gasteiger partial charge in [0.2, 0.25) is 0 Å². The van der Waals surface area contributed by atoms with Gasteiger partial charge in [-0.3, -0.25) is 4.79 Å². The molecule has 17 heavy (non-hydrogen) atoms. The van der Waals surface area contributed by atoms with E-state index in [1.807, 2.05) is 18.2 Å². The fourth-order valence-electron chi connectivity index (χ4n) is 1.66. The smallest absolute Gasteiger partial charge is 0.172 e. The maximum atomic E-state index is 10.7. The van der Waals surface area contributed by atoms with E-state index in [4.69, 9.17) is 14.2 Å². The Hall–Kier alpha value is -1.81. The number of epoxide rings is 1. The van der Waals surface area contributed by atoms with E-state index in [0.29, 0.717) is 12.4 Å². The molecular formula is C13H12O4. The average Bonchev–Trinajstić information content (AvgIpc) is 3.19. The van der Waals surface area contributed by atoms with E-state index in [1.165, 1.54) is 0 Å². The molecule has 2 unspecified atom stereocenters. The van der Waals surface area contributed by atoms with Gasteiger partial charge in [-0.2, -0.15) is 0 Å². The minimum Gasteiger partial charge on any atom is -0.491 e. The van der Waals surface area contributed by atoms with Gasteiger partial charge >= 0.3 is 0 Å². The van der Waals surface area contributed by atoms with Crippen molar-refractivity contribution in [2.24, 2.45) is 0 Å². The van der Waals surface area contributed by atoms with E-state index >= 15 is 0 Å². The summed E-state index contributed by atoms with van der Waals surface area (Å²) in [5, 5.41) is 0. The number of rotatable bonds is 4. The molecular weight excluding hydrogens is 220 g/mol. The first-order valence-electron chi connectivity index (χ1n) is 5.54. The molecule has 2 atom stereocenters. The normalized spacial score (nSPS) is 24.7. The van der Waals surface area contributed by atoms with Crippen LogP contribution in [0.4, 0.5) is 0 Å². The van der Waals surface area contributed by atoms with E-state index in [1.54, 1.807) is 12.1 Å². The topological polar surface area (TPSA) is 48.1 Å². The lowest BCUT2D eigenvalue weighted by Gasteiger charge is -2.18. The van der Waals surface area contributed by atoms with E-state index < -0.39 is 6.10 Å². The molecule has 2 aliphatic heterocycles. The van der Waals surface area contributed by atoms with Gasteiger partial charge in [0.05, 0.1) is 6.61 Å². The average molecular weight is 232 g/mol. The highest BCUT2D eigenvalue weighted by molar-refractivity contribution is 5.70. The Labute approximate surface area is 98.8 Å². The minimum absolute atomic E-state index is 0.231. The number of fused-ring (bicyclic) bond motifs is 1. The van der Waals surface area contributed by atoms with Crippen LogP contribution in [-0.4, -0.2) is 31.7 Å². The van der Waals surface area contributed by atoms with Crippen LogP contribution in [0.15, 0.2) is 24.3 Å². The quantitative estimate of drug-likeness (QED) is 0.582. The molecule has 0 aromatic heterocycles. The molecule has 1 aromatic rings. The van der Waals surface area contributed by atoms with Gasteiger partial charge in [-0.1, -0.05) is 6.08 Å². The molecule has 4 nitrogen and oxygen atoms in total. The first-order chi connectivity index (χ1) is 8.35. The maximum absolute atomic E-state index is 10.7. The van der Waals surface area contributed by atoms with Crippen molar-refractivity contribution < 1.29 is 19.0 Å². The summed E-state index contributed by atoms with van der Waals surface area (Å²) in [4.78, 5) is 10.7. The molecule has 3 rings (SSSR count). The SMILES string of the molecule is O=CC1C=Cc2ccc(OCC3CO3)cc2O1. The Morgan fingerprint density at radius 2 is 2.35 bits per heavy atom. The predicted molar refractivity (Wildman–Crippen MR) is 61.2 cm³/mol. The summed E-state index contributed by atoms with van der Waals surface area (Å²) in [5.74, 6) is 1.41. The lowest BCUT2D eigenvalue weighted by Crippen LogP contribution is -2.18. The third-order valence-electron chi connectivity index (χ3n) is 2.69. The molecule has 0 bridgehead atoms. The number of benzene rings is 1. The zero-order valence-corrected chi connectivity index (χ0v) is 9.17. The van der Waals surface area contributed by atoms with Crippen LogP contribution in [-0.2, 0) is 9.53 Å². The third kappa shape index (κ3) is 2.31. The van der Waals surface area contributed by atoms with E-state index in [9.17, 15) is 4.79 Å². The van der Waals surface area contributed by atoms with Crippen LogP contribution < -0.4 is 9.47 Å². The molecule has 0 N–H and O–H groups in total. The van der Waals surface area contributed by atoms with Crippen molar-refractivity contribution in [2.45, 2.75) is 12.2 Å². The van der Waals surface area contributed by atoms with Crippen LogP contribution in [0.1, 0.15) is 5.56 Å². The molecule has 0 spiro atoms. The van der Waals surface area contributed by atoms with E-state index in [-0.39, 0.29) is 6.10 Å². The van der Waals surface area contributed by atoms with Crippen LogP contribution in [0, 0.1) is 0 Å². The summed E-state index contributed by atoms with van der Waals surface area (Å²) in [6.07, 6.45) is 4.11. The number of aldehydes is 1. The van der Waals surface area contributed by atoms with Crippen LogP contribution in [0.2, 0.25) is 0 Å². The first kappa shape index (κ1) is 10.4. The zero-order valence-electron chi connectivity index (χ0n) is 9.17. The second-order valence-corrected chi connectivity index (χ2v) is 4.04. The standard InChI is InChI=1S/C13H12O4/c14-6-11-4-2-9-1-3-10(5-13(9)17-11)15-7-12-8-16-12/h1-6,11-12H,7-8H2. The van der Waals surface area contributed by atoms with Gasteiger partial charge in [0.25, 0.3) is 0 Å². The van der Waals surface area contributed by atoms with Gasteiger partial charge in [-0.15, -0.1) is 0 Å². The molecule has 4 heteroatoms. The number of hydrogen-bond acceptors (Lipinski definition) is 4. The molecule has 1 saturated heterocycles. The Balaban J connectivity index is 1.75. The van der Waals surface area contributed by atoms with Crippen LogP contribution >= 0.6 is 0 Å². The highest BCUT2D eigenvalue weighted by atomic mass is 16.6. The number of hydrogen-bond donors (Lipinski definition) is 0. The number of carbonyl (C=O) groups excluding carboxylic acids is 1. The highest BCUT2D eigenvalue weighted by Crippen LogP contribution is 2.30. The van der Waals surface area contributed by atoms with Gasteiger partial charge in [-0.25, -0.2) is 0 Å².